The van der Waals surface area contributed by atoms with Crippen molar-refractivity contribution < 1.29 is 4.79 Å². The summed E-state index contributed by atoms with van der Waals surface area (Å²) in [6.45, 7) is 4.54. The van der Waals surface area contributed by atoms with Crippen LogP contribution in [-0.4, -0.2) is 15.9 Å². The van der Waals surface area contributed by atoms with Crippen LogP contribution in [0, 0.1) is 13.8 Å². The van der Waals surface area contributed by atoms with Crippen molar-refractivity contribution >= 4 is 34.2 Å². The molecule has 0 fully saturated rings. The van der Waals surface area contributed by atoms with Crippen LogP contribution in [0.5, 0.6) is 0 Å². The number of fused-ring (bicyclic) bond motifs is 1. The van der Waals surface area contributed by atoms with E-state index in [1.807, 2.05) is 62.4 Å². The Morgan fingerprint density at radius 2 is 1.75 bits per heavy atom. The molecule has 0 saturated carbocycles. The first-order valence-electron chi connectivity index (χ1n) is 10.4. The number of aromatic amines is 1. The second kappa shape index (κ2) is 9.28. The topological polar surface area (TPSA) is 65.2 Å². The average molecular weight is 446 g/mol. The molecule has 1 heterocycles. The Labute approximate surface area is 191 Å². The maximum Gasteiger partial charge on any atom is 0.322 e. The maximum absolute atomic E-state index is 13.2. The fraction of sp³-hybridized carbons (Fsp3) is 0.154. The number of hydrogen-bond acceptors (Lipinski definition) is 2. The summed E-state index contributed by atoms with van der Waals surface area (Å²) in [4.78, 5) is 30.7. The molecule has 6 heteroatoms. The minimum absolute atomic E-state index is 0.166. The SMILES string of the molecule is Cc1ccc2cc(CN(Cc3ccccc3)C(=O)Nc3cccc(Cl)c3)c(=O)[nH]c2c1C. The predicted molar refractivity (Wildman–Crippen MR) is 130 cm³/mol. The lowest BCUT2D eigenvalue weighted by molar-refractivity contribution is 0.206. The molecule has 4 aromatic rings. The highest BCUT2D eigenvalue weighted by molar-refractivity contribution is 6.30. The molecular weight excluding hydrogens is 422 g/mol. The van der Waals surface area contributed by atoms with Gasteiger partial charge in [-0.15, -0.1) is 0 Å². The molecule has 0 unspecified atom stereocenters. The summed E-state index contributed by atoms with van der Waals surface area (Å²) in [6, 6.07) is 22.3. The number of aromatic nitrogens is 1. The highest BCUT2D eigenvalue weighted by Gasteiger charge is 2.17. The summed E-state index contributed by atoms with van der Waals surface area (Å²) in [6.07, 6.45) is 0. The van der Waals surface area contributed by atoms with Gasteiger partial charge in [0.25, 0.3) is 5.56 Å². The number of amides is 2. The van der Waals surface area contributed by atoms with Gasteiger partial charge in [0.1, 0.15) is 0 Å². The minimum Gasteiger partial charge on any atom is -0.321 e. The van der Waals surface area contributed by atoms with E-state index in [4.69, 9.17) is 11.6 Å². The fourth-order valence-corrected chi connectivity index (χ4v) is 3.86. The van der Waals surface area contributed by atoms with E-state index in [9.17, 15) is 9.59 Å². The van der Waals surface area contributed by atoms with Gasteiger partial charge in [0.2, 0.25) is 0 Å². The molecule has 3 aromatic carbocycles. The Balaban J connectivity index is 1.67. The normalized spacial score (nSPS) is 10.8. The summed E-state index contributed by atoms with van der Waals surface area (Å²) >= 11 is 6.06. The van der Waals surface area contributed by atoms with Crippen LogP contribution in [0.4, 0.5) is 10.5 Å². The Kier molecular flexibility index (Phi) is 6.28. The highest BCUT2D eigenvalue weighted by Crippen LogP contribution is 2.21. The number of anilines is 1. The van der Waals surface area contributed by atoms with E-state index >= 15 is 0 Å². The van der Waals surface area contributed by atoms with Crippen molar-refractivity contribution in [3.63, 3.8) is 0 Å². The lowest BCUT2D eigenvalue weighted by atomic mass is 10.0. The second-order valence-corrected chi connectivity index (χ2v) is 8.31. The van der Waals surface area contributed by atoms with Crippen LogP contribution in [0.25, 0.3) is 10.9 Å². The summed E-state index contributed by atoms with van der Waals surface area (Å²) in [5.74, 6) is 0. The number of hydrogen-bond donors (Lipinski definition) is 2. The minimum atomic E-state index is -0.310. The van der Waals surface area contributed by atoms with Crippen LogP contribution in [0.3, 0.4) is 0 Å². The molecule has 0 aliphatic heterocycles. The Morgan fingerprint density at radius 1 is 0.969 bits per heavy atom. The third-order valence-electron chi connectivity index (χ3n) is 5.57. The molecule has 2 N–H and O–H groups in total. The second-order valence-electron chi connectivity index (χ2n) is 7.88. The first kappa shape index (κ1) is 21.7. The molecular formula is C26H24ClN3O2. The zero-order valence-corrected chi connectivity index (χ0v) is 18.7. The molecule has 1 aromatic heterocycles. The van der Waals surface area contributed by atoms with Crippen molar-refractivity contribution in [2.45, 2.75) is 26.9 Å². The zero-order chi connectivity index (χ0) is 22.7. The van der Waals surface area contributed by atoms with Gasteiger partial charge in [0.05, 0.1) is 12.1 Å². The van der Waals surface area contributed by atoms with Gasteiger partial charge in [-0.3, -0.25) is 4.79 Å². The fourth-order valence-electron chi connectivity index (χ4n) is 3.67. The van der Waals surface area contributed by atoms with Gasteiger partial charge in [-0.25, -0.2) is 4.79 Å². The van der Waals surface area contributed by atoms with E-state index in [-0.39, 0.29) is 18.1 Å². The summed E-state index contributed by atoms with van der Waals surface area (Å²) in [5, 5.41) is 4.37. The van der Waals surface area contributed by atoms with Crippen molar-refractivity contribution in [3.8, 4) is 0 Å². The van der Waals surface area contributed by atoms with E-state index in [0.29, 0.717) is 22.8 Å². The van der Waals surface area contributed by atoms with E-state index in [0.717, 1.165) is 27.6 Å². The van der Waals surface area contributed by atoms with E-state index in [2.05, 4.69) is 10.3 Å². The van der Waals surface area contributed by atoms with Gasteiger partial charge < -0.3 is 15.2 Å². The number of H-pyrrole nitrogens is 1. The van der Waals surface area contributed by atoms with Crippen molar-refractivity contribution in [2.24, 2.45) is 0 Å². The third-order valence-corrected chi connectivity index (χ3v) is 5.80. The average Bonchev–Trinajstić information content (AvgIpc) is 2.77. The summed E-state index contributed by atoms with van der Waals surface area (Å²) in [7, 11) is 0. The molecule has 32 heavy (non-hydrogen) atoms. The van der Waals surface area contributed by atoms with Gasteiger partial charge in [0.15, 0.2) is 0 Å². The Hall–Kier alpha value is -3.57. The molecule has 0 radical (unpaired) electrons. The standard InChI is InChI=1S/C26H24ClN3O2/c1-17-11-12-20-13-21(25(31)29-24(20)18(17)2)16-30(15-19-7-4-3-5-8-19)26(32)28-23-10-6-9-22(27)14-23/h3-14H,15-16H2,1-2H3,(H,28,32)(H,29,31). The zero-order valence-electron chi connectivity index (χ0n) is 18.0. The molecule has 5 nitrogen and oxygen atoms in total. The number of urea groups is 1. The first-order valence-corrected chi connectivity index (χ1v) is 10.8. The molecule has 162 valence electrons. The molecule has 0 bridgehead atoms. The van der Waals surface area contributed by atoms with Crippen LogP contribution in [0.15, 0.2) is 77.6 Å². The lowest BCUT2D eigenvalue weighted by Crippen LogP contribution is -2.35. The number of rotatable bonds is 5. The monoisotopic (exact) mass is 445 g/mol. The Morgan fingerprint density at radius 3 is 2.50 bits per heavy atom. The smallest absolute Gasteiger partial charge is 0.321 e. The van der Waals surface area contributed by atoms with Gasteiger partial charge in [0, 0.05) is 22.8 Å². The number of carbonyl (C=O) groups excluding carboxylic acids is 1. The number of halogens is 1. The van der Waals surface area contributed by atoms with Crippen LogP contribution < -0.4 is 10.9 Å². The number of aryl methyl sites for hydroxylation is 2. The molecule has 0 saturated heterocycles. The van der Waals surface area contributed by atoms with Crippen LogP contribution in [-0.2, 0) is 13.1 Å². The van der Waals surface area contributed by atoms with Crippen LogP contribution >= 0.6 is 11.6 Å². The van der Waals surface area contributed by atoms with Gasteiger partial charge in [-0.1, -0.05) is 60.1 Å². The number of benzene rings is 3. The number of nitrogens with zero attached hydrogens (tertiary/aromatic N) is 1. The number of nitrogens with one attached hydrogen (secondary N) is 2. The van der Waals surface area contributed by atoms with Crippen LogP contribution in [0.1, 0.15) is 22.3 Å². The molecule has 0 spiro atoms. The Bertz CT molecular complexity index is 1330. The molecule has 0 atom stereocenters. The van der Waals surface area contributed by atoms with E-state index in [1.165, 1.54) is 0 Å². The first-order chi connectivity index (χ1) is 15.4. The summed E-state index contributed by atoms with van der Waals surface area (Å²) in [5.41, 5.74) is 4.89. The van der Waals surface area contributed by atoms with Crippen LogP contribution in [0.2, 0.25) is 5.02 Å². The van der Waals surface area contributed by atoms with E-state index in [1.54, 1.807) is 29.2 Å². The quantitative estimate of drug-likeness (QED) is 0.393. The van der Waals surface area contributed by atoms with Gasteiger partial charge >= 0.3 is 6.03 Å². The van der Waals surface area contributed by atoms with E-state index < -0.39 is 0 Å². The van der Waals surface area contributed by atoms with Gasteiger partial charge in [-0.05, 0) is 60.2 Å². The number of carbonyl (C=O) groups is 1. The highest BCUT2D eigenvalue weighted by atomic mass is 35.5. The maximum atomic E-state index is 13.2. The number of pyridine rings is 1. The largest absolute Gasteiger partial charge is 0.322 e. The van der Waals surface area contributed by atoms with Crippen molar-refractivity contribution in [1.82, 2.24) is 9.88 Å². The predicted octanol–water partition coefficient (Wildman–Crippen LogP) is 6.03. The van der Waals surface area contributed by atoms with Crippen molar-refractivity contribution in [3.05, 3.63) is 110 Å². The molecule has 0 aliphatic rings. The summed E-state index contributed by atoms with van der Waals surface area (Å²) < 4.78 is 0. The molecule has 2 amide bonds. The third kappa shape index (κ3) is 4.84. The lowest BCUT2D eigenvalue weighted by Gasteiger charge is -2.23. The van der Waals surface area contributed by atoms with Gasteiger partial charge in [-0.2, -0.15) is 0 Å². The molecule has 0 aliphatic carbocycles. The molecule has 4 rings (SSSR count). The van der Waals surface area contributed by atoms with Crippen molar-refractivity contribution in [1.29, 1.82) is 0 Å². The van der Waals surface area contributed by atoms with Crippen molar-refractivity contribution in [2.75, 3.05) is 5.32 Å².